The van der Waals surface area contributed by atoms with Crippen LogP contribution >= 0.6 is 15.9 Å². The Morgan fingerprint density at radius 3 is 2.73 bits per heavy atom. The Labute approximate surface area is 203 Å². The number of carbonyl (C=O) groups excluding carboxylic acids is 2. The number of rotatable bonds is 7. The Hall–Kier alpha value is -2.67. The number of carbonyl (C=O) groups is 2. The van der Waals surface area contributed by atoms with E-state index >= 15 is 0 Å². The zero-order valence-corrected chi connectivity index (χ0v) is 20.6. The van der Waals surface area contributed by atoms with Gasteiger partial charge >= 0.3 is 0 Å². The number of aryl methyl sites for hydroxylation is 1. The number of Topliss-reactive ketones (excluding diaryl/α,β-unsaturated/α-hetero) is 1. The molecule has 1 atom stereocenters. The monoisotopic (exact) mass is 511 g/mol. The number of halogens is 1. The minimum absolute atomic E-state index is 0.0214. The molecule has 2 heterocycles. The molecule has 0 saturated carbocycles. The Morgan fingerprint density at radius 1 is 1.15 bits per heavy atom. The molecule has 0 bridgehead atoms. The second-order valence-corrected chi connectivity index (χ2v) is 9.59. The second-order valence-electron chi connectivity index (χ2n) is 8.68. The van der Waals surface area contributed by atoms with Gasteiger partial charge in [-0.3, -0.25) is 14.6 Å². The van der Waals surface area contributed by atoms with Crippen molar-refractivity contribution in [3.8, 4) is 5.75 Å². The molecule has 2 aliphatic rings. The number of para-hydroxylation sites is 2. The highest BCUT2D eigenvalue weighted by atomic mass is 79.9. The number of likely N-dealkylation sites (tertiary alicyclic amines) is 1. The molecule has 6 nitrogen and oxygen atoms in total. The number of aliphatic imine (C=N–C) groups is 1. The summed E-state index contributed by atoms with van der Waals surface area (Å²) in [6.45, 7) is 4.79. The van der Waals surface area contributed by atoms with E-state index in [1.54, 1.807) is 6.21 Å². The molecule has 1 amide bonds. The summed E-state index contributed by atoms with van der Waals surface area (Å²) in [5, 5.41) is 0. The van der Waals surface area contributed by atoms with Crippen LogP contribution in [0, 0.1) is 6.92 Å². The van der Waals surface area contributed by atoms with Gasteiger partial charge in [0.25, 0.3) is 5.91 Å². The Morgan fingerprint density at radius 2 is 1.94 bits per heavy atom. The number of hydrogen-bond donors (Lipinski definition) is 0. The molecule has 1 saturated heterocycles. The average Bonchev–Trinajstić information content (AvgIpc) is 2.83. The average molecular weight is 512 g/mol. The van der Waals surface area contributed by atoms with Crippen LogP contribution in [0.2, 0.25) is 0 Å². The van der Waals surface area contributed by atoms with Gasteiger partial charge in [-0.2, -0.15) is 0 Å². The number of hydrogen-bond acceptors (Lipinski definition) is 5. The topological polar surface area (TPSA) is 62.2 Å². The van der Waals surface area contributed by atoms with E-state index < -0.39 is 6.10 Å². The number of nitrogens with zero attached hydrogens (tertiary/aromatic N) is 3. The van der Waals surface area contributed by atoms with Crippen LogP contribution in [0.15, 0.2) is 51.9 Å². The Bertz CT molecular complexity index is 1030. The van der Waals surface area contributed by atoms with Gasteiger partial charge in [-0.15, -0.1) is 0 Å². The van der Waals surface area contributed by atoms with E-state index in [-0.39, 0.29) is 24.7 Å². The fourth-order valence-corrected chi connectivity index (χ4v) is 4.82. The summed E-state index contributed by atoms with van der Waals surface area (Å²) in [4.78, 5) is 34.1. The molecule has 0 N–H and O–H groups in total. The molecule has 1 unspecified atom stereocenters. The summed E-state index contributed by atoms with van der Waals surface area (Å²) in [7, 11) is 0. The third kappa shape index (κ3) is 6.02. The van der Waals surface area contributed by atoms with Gasteiger partial charge in [0.05, 0.1) is 25.3 Å². The summed E-state index contributed by atoms with van der Waals surface area (Å²) < 4.78 is 7.10. The standard InChI is InChI=1S/C26H30BrN3O3/c1-19-15-21(27)10-9-20(19)16-28-12-11-22(31)17-30-18-25(26(32)29-13-5-2-6-14-29)33-24-8-4-3-7-23(24)30/h3-4,7-10,12,15,25H,2,5-6,11,13-14,16-18H2,1H3. The van der Waals surface area contributed by atoms with Crippen molar-refractivity contribution in [1.82, 2.24) is 4.90 Å². The van der Waals surface area contributed by atoms with Crippen molar-refractivity contribution < 1.29 is 14.3 Å². The molecular formula is C26H30BrN3O3. The lowest BCUT2D eigenvalue weighted by atomic mass is 10.1. The van der Waals surface area contributed by atoms with Crippen molar-refractivity contribution in [3.05, 3.63) is 58.1 Å². The highest BCUT2D eigenvalue weighted by molar-refractivity contribution is 9.10. The maximum absolute atomic E-state index is 13.1. The Balaban J connectivity index is 1.37. The predicted molar refractivity (Wildman–Crippen MR) is 134 cm³/mol. The molecule has 0 radical (unpaired) electrons. The lowest BCUT2D eigenvalue weighted by molar-refractivity contribution is -0.139. The highest BCUT2D eigenvalue weighted by Crippen LogP contribution is 2.33. The number of anilines is 1. The fraction of sp³-hybridized carbons (Fsp3) is 0.423. The van der Waals surface area contributed by atoms with Gasteiger partial charge in [-0.05, 0) is 61.6 Å². The van der Waals surface area contributed by atoms with Gasteiger partial charge in [-0.1, -0.05) is 34.1 Å². The van der Waals surface area contributed by atoms with Crippen molar-refractivity contribution in [2.75, 3.05) is 31.1 Å². The quantitative estimate of drug-likeness (QED) is 0.510. The van der Waals surface area contributed by atoms with E-state index in [2.05, 4.69) is 33.9 Å². The molecule has 0 aromatic heterocycles. The van der Waals surface area contributed by atoms with Crippen LogP contribution in [0.1, 0.15) is 36.8 Å². The summed E-state index contributed by atoms with van der Waals surface area (Å²) >= 11 is 3.47. The van der Waals surface area contributed by atoms with Crippen LogP contribution in [0.5, 0.6) is 5.75 Å². The largest absolute Gasteiger partial charge is 0.477 e. The van der Waals surface area contributed by atoms with Crippen molar-refractivity contribution in [2.24, 2.45) is 4.99 Å². The first-order chi connectivity index (χ1) is 16.0. The minimum Gasteiger partial charge on any atom is -0.477 e. The number of benzene rings is 2. The molecule has 174 valence electrons. The van der Waals surface area contributed by atoms with Crippen LogP contribution in [0.3, 0.4) is 0 Å². The summed E-state index contributed by atoms with van der Waals surface area (Å²) in [5.41, 5.74) is 3.17. The molecule has 33 heavy (non-hydrogen) atoms. The zero-order chi connectivity index (χ0) is 23.2. The first-order valence-corrected chi connectivity index (χ1v) is 12.3. The third-order valence-electron chi connectivity index (χ3n) is 6.19. The van der Waals surface area contributed by atoms with Gasteiger partial charge in [0.1, 0.15) is 5.75 Å². The van der Waals surface area contributed by atoms with E-state index in [1.165, 1.54) is 12.0 Å². The zero-order valence-electron chi connectivity index (χ0n) is 19.0. The van der Waals surface area contributed by atoms with Gasteiger partial charge in [0.2, 0.25) is 0 Å². The van der Waals surface area contributed by atoms with Crippen LogP contribution in [0.25, 0.3) is 0 Å². The molecule has 2 aromatic carbocycles. The third-order valence-corrected chi connectivity index (χ3v) is 6.68. The normalized spacial score (nSPS) is 18.2. The molecule has 7 heteroatoms. The highest BCUT2D eigenvalue weighted by Gasteiger charge is 2.34. The maximum atomic E-state index is 13.1. The van der Waals surface area contributed by atoms with Crippen molar-refractivity contribution in [2.45, 2.75) is 45.3 Å². The van der Waals surface area contributed by atoms with Gasteiger partial charge < -0.3 is 14.5 Å². The first kappa shape index (κ1) is 23.5. The van der Waals surface area contributed by atoms with Crippen LogP contribution in [0.4, 0.5) is 5.69 Å². The maximum Gasteiger partial charge on any atom is 0.265 e. The number of fused-ring (bicyclic) bond motifs is 1. The number of amides is 1. The number of ketones is 1. The fourth-order valence-electron chi connectivity index (χ4n) is 4.35. The van der Waals surface area contributed by atoms with Gasteiger partial charge in [0, 0.05) is 30.2 Å². The molecule has 2 aliphatic heterocycles. The smallest absolute Gasteiger partial charge is 0.265 e. The van der Waals surface area contributed by atoms with E-state index in [1.807, 2.05) is 46.2 Å². The molecule has 2 aromatic rings. The van der Waals surface area contributed by atoms with Crippen LogP contribution in [-0.4, -0.2) is 55.1 Å². The van der Waals surface area contributed by atoms with Crippen LogP contribution in [-0.2, 0) is 16.1 Å². The van der Waals surface area contributed by atoms with Crippen LogP contribution < -0.4 is 9.64 Å². The first-order valence-electron chi connectivity index (χ1n) is 11.6. The minimum atomic E-state index is -0.583. The van der Waals surface area contributed by atoms with E-state index in [0.29, 0.717) is 18.8 Å². The second kappa shape index (κ2) is 11.0. The molecule has 4 rings (SSSR count). The molecular weight excluding hydrogens is 482 g/mol. The van der Waals surface area contributed by atoms with E-state index in [0.717, 1.165) is 41.7 Å². The molecule has 1 fully saturated rings. The summed E-state index contributed by atoms with van der Waals surface area (Å²) in [5.74, 6) is 0.742. The van der Waals surface area contributed by atoms with Crippen molar-refractivity contribution in [3.63, 3.8) is 0 Å². The number of piperidine rings is 1. The molecule has 0 aliphatic carbocycles. The lowest BCUT2D eigenvalue weighted by Gasteiger charge is -2.38. The van der Waals surface area contributed by atoms with Crippen molar-refractivity contribution in [1.29, 1.82) is 0 Å². The summed E-state index contributed by atoms with van der Waals surface area (Å²) in [6, 6.07) is 13.7. The Kier molecular flexibility index (Phi) is 7.81. The lowest BCUT2D eigenvalue weighted by Crippen LogP contribution is -2.52. The SMILES string of the molecule is Cc1cc(Br)ccc1CN=CCC(=O)CN1CC(C(=O)N2CCCCC2)Oc2ccccc21. The molecule has 0 spiro atoms. The van der Waals surface area contributed by atoms with E-state index in [9.17, 15) is 9.59 Å². The van der Waals surface area contributed by atoms with Gasteiger partial charge in [-0.25, -0.2) is 0 Å². The van der Waals surface area contributed by atoms with Crippen molar-refractivity contribution >= 4 is 39.5 Å². The summed E-state index contributed by atoms with van der Waals surface area (Å²) in [6.07, 6.45) is 4.63. The van der Waals surface area contributed by atoms with Gasteiger partial charge in [0.15, 0.2) is 11.9 Å². The van der Waals surface area contributed by atoms with E-state index in [4.69, 9.17) is 4.74 Å². The predicted octanol–water partition coefficient (Wildman–Crippen LogP) is 4.57. The number of ether oxygens (including phenoxy) is 1.